The van der Waals surface area contributed by atoms with E-state index in [0.717, 1.165) is 12.3 Å². The Kier molecular flexibility index (Phi) is 5.72. The average Bonchev–Trinajstić information content (AvgIpc) is 2.25. The Balaban J connectivity index is 2.42. The second-order valence-corrected chi connectivity index (χ2v) is 4.55. The van der Waals surface area contributed by atoms with Crippen molar-refractivity contribution < 1.29 is 0 Å². The summed E-state index contributed by atoms with van der Waals surface area (Å²) < 4.78 is 0. The first-order valence-electron chi connectivity index (χ1n) is 5.28. The molecule has 78 valence electrons. The molecule has 0 aliphatic rings. The Hall–Kier alpha value is -0.470. The Bertz CT molecular complexity index is 216. The van der Waals surface area contributed by atoms with Gasteiger partial charge in [-0.05, 0) is 30.5 Å². The summed E-state index contributed by atoms with van der Waals surface area (Å²) in [7, 11) is 0. The number of thioether (sulfide) groups is 1. The maximum atomic E-state index is 5.45. The molecule has 0 fully saturated rings. The van der Waals surface area contributed by atoms with Crippen LogP contribution in [0.4, 0.5) is 0 Å². The molecule has 0 heterocycles. The molecule has 2 heteroatoms. The van der Waals surface area contributed by atoms with Crippen LogP contribution in [-0.4, -0.2) is 12.3 Å². The molecule has 1 nitrogen and oxygen atoms in total. The van der Waals surface area contributed by atoms with Gasteiger partial charge in [-0.3, -0.25) is 0 Å². The van der Waals surface area contributed by atoms with E-state index in [0.29, 0.717) is 0 Å². The molecule has 0 unspecified atom stereocenters. The molecule has 1 rings (SSSR count). The maximum absolute atomic E-state index is 5.45. The van der Waals surface area contributed by atoms with Gasteiger partial charge in [-0.25, -0.2) is 0 Å². The fraction of sp³-hybridized carbons (Fsp3) is 0.500. The Morgan fingerprint density at radius 3 is 2.50 bits per heavy atom. The van der Waals surface area contributed by atoms with Crippen molar-refractivity contribution in [3.8, 4) is 0 Å². The fourth-order valence-corrected chi connectivity index (χ4v) is 1.99. The van der Waals surface area contributed by atoms with Gasteiger partial charge >= 0.3 is 0 Å². The minimum atomic E-state index is 0.752. The minimum Gasteiger partial charge on any atom is -0.330 e. The van der Waals surface area contributed by atoms with E-state index < -0.39 is 0 Å². The number of nitrogens with two attached hydrogens (primary N) is 1. The van der Waals surface area contributed by atoms with Crippen LogP contribution in [0.3, 0.4) is 0 Å². The van der Waals surface area contributed by atoms with Gasteiger partial charge in [-0.15, -0.1) is 11.8 Å². The first-order valence-corrected chi connectivity index (χ1v) is 6.27. The Morgan fingerprint density at radius 1 is 1.21 bits per heavy atom. The molecule has 0 bridgehead atoms. The molecule has 0 radical (unpaired) electrons. The van der Waals surface area contributed by atoms with Crippen LogP contribution >= 0.6 is 11.8 Å². The number of benzene rings is 1. The Morgan fingerprint density at radius 2 is 1.93 bits per heavy atom. The number of unbranched alkanes of at least 4 members (excludes halogenated alkanes) is 1. The van der Waals surface area contributed by atoms with Gasteiger partial charge < -0.3 is 5.73 Å². The molecular weight excluding hydrogens is 190 g/mol. The van der Waals surface area contributed by atoms with Gasteiger partial charge in [-0.2, -0.15) is 0 Å². The lowest BCUT2D eigenvalue weighted by atomic mass is 10.1. The highest BCUT2D eigenvalue weighted by atomic mass is 32.2. The van der Waals surface area contributed by atoms with Crippen molar-refractivity contribution in [3.63, 3.8) is 0 Å². The summed E-state index contributed by atoms with van der Waals surface area (Å²) >= 11 is 1.83. The van der Waals surface area contributed by atoms with E-state index in [9.17, 15) is 0 Å². The minimum absolute atomic E-state index is 0.752. The van der Waals surface area contributed by atoms with Crippen LogP contribution < -0.4 is 5.73 Å². The fourth-order valence-electron chi connectivity index (χ4n) is 1.31. The van der Waals surface area contributed by atoms with Crippen molar-refractivity contribution in [1.29, 1.82) is 0 Å². The molecule has 0 saturated carbocycles. The monoisotopic (exact) mass is 209 g/mol. The average molecular weight is 209 g/mol. The number of aryl methyl sites for hydroxylation is 1. The predicted octanol–water partition coefficient (Wildman–Crippen LogP) is 3.08. The predicted molar refractivity (Wildman–Crippen MR) is 64.8 cm³/mol. The van der Waals surface area contributed by atoms with Crippen LogP contribution in [0.25, 0.3) is 0 Å². The zero-order chi connectivity index (χ0) is 10.2. The molecule has 0 atom stereocenters. The molecule has 0 aliphatic heterocycles. The second kappa shape index (κ2) is 6.91. The van der Waals surface area contributed by atoms with Gasteiger partial charge in [0, 0.05) is 17.2 Å². The van der Waals surface area contributed by atoms with Crippen LogP contribution in [0.2, 0.25) is 0 Å². The quantitative estimate of drug-likeness (QED) is 0.729. The summed E-state index contributed by atoms with van der Waals surface area (Å²) in [6.45, 7) is 2.98. The van der Waals surface area contributed by atoms with Crippen molar-refractivity contribution in [1.82, 2.24) is 0 Å². The third kappa shape index (κ3) is 4.16. The summed E-state index contributed by atoms with van der Waals surface area (Å²) in [5.41, 5.74) is 6.90. The van der Waals surface area contributed by atoms with Gasteiger partial charge in [0.05, 0.1) is 0 Å². The summed E-state index contributed by atoms with van der Waals surface area (Å²) in [6, 6.07) is 8.86. The highest BCUT2D eigenvalue weighted by molar-refractivity contribution is 7.99. The van der Waals surface area contributed by atoms with Crippen molar-refractivity contribution in [3.05, 3.63) is 29.8 Å². The lowest BCUT2D eigenvalue weighted by Crippen LogP contribution is -2.00. The maximum Gasteiger partial charge on any atom is 0.0103 e. The van der Waals surface area contributed by atoms with Crippen molar-refractivity contribution in [2.75, 3.05) is 12.3 Å². The second-order valence-electron chi connectivity index (χ2n) is 3.38. The first kappa shape index (κ1) is 11.6. The summed E-state index contributed by atoms with van der Waals surface area (Å²) in [5, 5.41) is 0. The van der Waals surface area contributed by atoms with E-state index in [-0.39, 0.29) is 0 Å². The molecule has 1 aromatic rings. The lowest BCUT2D eigenvalue weighted by Gasteiger charge is -2.02. The molecule has 1 aromatic carbocycles. The zero-order valence-corrected chi connectivity index (χ0v) is 9.65. The summed E-state index contributed by atoms with van der Waals surface area (Å²) in [5.74, 6) is 1.01. The topological polar surface area (TPSA) is 26.0 Å². The van der Waals surface area contributed by atoms with E-state index in [2.05, 4.69) is 31.2 Å². The summed E-state index contributed by atoms with van der Waals surface area (Å²) in [6.07, 6.45) is 3.76. The van der Waals surface area contributed by atoms with Gasteiger partial charge in [0.2, 0.25) is 0 Å². The van der Waals surface area contributed by atoms with Crippen molar-refractivity contribution in [2.45, 2.75) is 31.1 Å². The Labute approximate surface area is 91.1 Å². The third-order valence-electron chi connectivity index (χ3n) is 2.13. The van der Waals surface area contributed by atoms with E-state index in [1.54, 1.807) is 0 Å². The standard InChI is InChI=1S/C12H19NS/c1-2-3-4-11-5-7-12(8-6-11)14-10-9-13/h5-8H,2-4,9-10,13H2,1H3. The van der Waals surface area contributed by atoms with E-state index in [4.69, 9.17) is 5.73 Å². The van der Waals surface area contributed by atoms with E-state index in [1.165, 1.54) is 29.7 Å². The van der Waals surface area contributed by atoms with Gasteiger partial charge in [0.1, 0.15) is 0 Å². The molecule has 0 aromatic heterocycles. The number of rotatable bonds is 6. The van der Waals surface area contributed by atoms with Crippen LogP contribution in [0.15, 0.2) is 29.2 Å². The van der Waals surface area contributed by atoms with Crippen molar-refractivity contribution >= 4 is 11.8 Å². The lowest BCUT2D eigenvalue weighted by molar-refractivity contribution is 0.794. The largest absolute Gasteiger partial charge is 0.330 e. The van der Waals surface area contributed by atoms with Gasteiger partial charge in [0.15, 0.2) is 0 Å². The normalized spacial score (nSPS) is 10.4. The van der Waals surface area contributed by atoms with Crippen LogP contribution in [-0.2, 0) is 6.42 Å². The highest BCUT2D eigenvalue weighted by Gasteiger charge is 1.94. The number of hydrogen-bond donors (Lipinski definition) is 1. The summed E-state index contributed by atoms with van der Waals surface area (Å²) in [4.78, 5) is 1.33. The highest BCUT2D eigenvalue weighted by Crippen LogP contribution is 2.18. The SMILES string of the molecule is CCCCc1ccc(SCCN)cc1. The van der Waals surface area contributed by atoms with Crippen LogP contribution in [0.5, 0.6) is 0 Å². The molecule has 0 amide bonds. The van der Waals surface area contributed by atoms with Crippen molar-refractivity contribution in [2.24, 2.45) is 5.73 Å². The molecule has 2 N–H and O–H groups in total. The molecule has 0 spiro atoms. The van der Waals surface area contributed by atoms with Gasteiger partial charge in [-0.1, -0.05) is 25.5 Å². The molecule has 0 aliphatic carbocycles. The molecular formula is C12H19NS. The van der Waals surface area contributed by atoms with E-state index in [1.807, 2.05) is 11.8 Å². The zero-order valence-electron chi connectivity index (χ0n) is 8.83. The first-order chi connectivity index (χ1) is 6.86. The van der Waals surface area contributed by atoms with Crippen LogP contribution in [0, 0.1) is 0 Å². The third-order valence-corrected chi connectivity index (χ3v) is 3.17. The van der Waals surface area contributed by atoms with Gasteiger partial charge in [0.25, 0.3) is 0 Å². The smallest absolute Gasteiger partial charge is 0.0103 e. The molecule has 14 heavy (non-hydrogen) atoms. The van der Waals surface area contributed by atoms with E-state index >= 15 is 0 Å². The van der Waals surface area contributed by atoms with Crippen LogP contribution in [0.1, 0.15) is 25.3 Å². The number of hydrogen-bond acceptors (Lipinski definition) is 2. The molecule has 0 saturated heterocycles.